The Morgan fingerprint density at radius 2 is 0.667 bits per heavy atom. The molecule has 0 saturated carbocycles. The molecule has 8 nitrogen and oxygen atoms in total. The van der Waals surface area contributed by atoms with Crippen molar-refractivity contribution < 1.29 is 66.6 Å². The standard InChI is InChI=1S/C24H50N4P2Si2.4C4H8O.2Li/c1-19(2)29(20(3)4,27-31(9,10)11)17-23-24(26-16-15-25-23)18-30(21(5)6,22(7)8)28-32(12,13)14;4*1-2-4-5-3-1;;/h15-22H,1-14H3;4*1-4H2;;/q-2;;;;;2*+1/p+2. The second-order valence-electron chi connectivity index (χ2n) is 17.5. The molecule has 0 bridgehead atoms. The number of aromatic amines is 2. The topological polar surface area (TPSA) is 93.4 Å². The number of hydrogen-bond acceptors (Lipinski definition) is 4. The van der Waals surface area contributed by atoms with Crippen molar-refractivity contribution in [3.05, 3.63) is 33.3 Å². The van der Waals surface area contributed by atoms with E-state index in [-0.39, 0.29) is 37.7 Å². The molecule has 0 aliphatic carbocycles. The van der Waals surface area contributed by atoms with Crippen LogP contribution in [0.2, 0.25) is 39.3 Å². The Morgan fingerprint density at radius 3 is 0.796 bits per heavy atom. The van der Waals surface area contributed by atoms with Gasteiger partial charge in [0.1, 0.15) is 0 Å². The molecule has 0 radical (unpaired) electrons. The van der Waals surface area contributed by atoms with Gasteiger partial charge >= 0.3 is 37.7 Å². The third-order valence-electron chi connectivity index (χ3n) is 9.09. The van der Waals surface area contributed by atoms with Crippen LogP contribution in [0.4, 0.5) is 0 Å². The zero-order valence-electron chi connectivity index (χ0n) is 38.4. The molecule has 0 spiro atoms. The van der Waals surface area contributed by atoms with Crippen molar-refractivity contribution in [3.8, 4) is 0 Å². The van der Waals surface area contributed by atoms with Crippen LogP contribution in [0.5, 0.6) is 0 Å². The zero-order chi connectivity index (χ0) is 39.3. The average molecular weight is 817 g/mol. The number of rotatable bonds is 10. The van der Waals surface area contributed by atoms with E-state index < -0.39 is 30.5 Å². The summed E-state index contributed by atoms with van der Waals surface area (Å²) in [6, 6.07) is 0. The third-order valence-corrected chi connectivity index (χ3v) is 24.6. The van der Waals surface area contributed by atoms with Crippen LogP contribution in [0.15, 0.2) is 12.4 Å². The van der Waals surface area contributed by atoms with Gasteiger partial charge in [0.05, 0.1) is 0 Å². The van der Waals surface area contributed by atoms with Crippen LogP contribution < -0.4 is 47.7 Å². The first-order chi connectivity index (χ1) is 24.4. The van der Waals surface area contributed by atoms with Gasteiger partial charge in [-0.25, -0.2) is 9.97 Å². The third kappa shape index (κ3) is 23.6. The fraction of sp³-hybridized carbons (Fsp3) is 0.850. The van der Waals surface area contributed by atoms with Crippen molar-refractivity contribution in [2.75, 3.05) is 52.9 Å². The molecule has 4 aliphatic rings. The normalized spacial score (nSPS) is 17.2. The van der Waals surface area contributed by atoms with E-state index in [4.69, 9.17) is 28.5 Å². The molecule has 5 rings (SSSR count). The summed E-state index contributed by atoms with van der Waals surface area (Å²) >= 11 is 0. The molecule has 4 aliphatic heterocycles. The molecule has 4 saturated heterocycles. The number of ether oxygens (including phenoxy) is 4. The molecule has 0 aromatic carbocycles. The minimum atomic E-state index is -1.68. The van der Waals surface area contributed by atoms with Crippen LogP contribution in [0.25, 0.3) is 9.51 Å². The number of hydrogen-bond donors (Lipinski definition) is 0. The van der Waals surface area contributed by atoms with Gasteiger partial charge in [-0.1, -0.05) is 111 Å². The predicted molar refractivity (Wildman–Crippen MR) is 238 cm³/mol. The summed E-state index contributed by atoms with van der Waals surface area (Å²) in [6.45, 7) is 41.1. The molecule has 0 amide bonds. The Hall–Kier alpha value is 1.07. The van der Waals surface area contributed by atoms with Gasteiger partial charge in [-0.3, -0.25) is 0 Å². The van der Waals surface area contributed by atoms with Gasteiger partial charge in [-0.05, 0) is 85.6 Å². The SMILES string of the molecule is C1CCOC1.C1CCOC1.C1CCOC1.C1CCOC1.CC(C)P(=Cc1[nH+]cc[nH+]c1C=P([N-][Si](C)(C)C)(C(C)C)C(C)C)([N-][Si](C)(C)C)C(C)C.[Li+].[Li+]. The summed E-state index contributed by atoms with van der Waals surface area (Å²) in [5.41, 5.74) is 4.49. The fourth-order valence-electron chi connectivity index (χ4n) is 6.43. The van der Waals surface area contributed by atoms with E-state index in [2.05, 4.69) is 116 Å². The zero-order valence-corrected chi connectivity index (χ0v) is 42.1. The van der Waals surface area contributed by atoms with Crippen molar-refractivity contribution in [3.63, 3.8) is 0 Å². The van der Waals surface area contributed by atoms with Crippen molar-refractivity contribution in [2.24, 2.45) is 0 Å². The van der Waals surface area contributed by atoms with E-state index in [0.29, 0.717) is 22.6 Å². The van der Waals surface area contributed by atoms with Crippen LogP contribution >= 0.6 is 14.1 Å². The molecule has 0 unspecified atom stereocenters. The average Bonchev–Trinajstić information content (AvgIpc) is 3.91. The summed E-state index contributed by atoms with van der Waals surface area (Å²) in [5.74, 6) is 5.07. The Bertz CT molecular complexity index is 1030. The maximum Gasteiger partial charge on any atom is 1.00 e. The minimum Gasteiger partial charge on any atom is -0.637 e. The maximum atomic E-state index is 5.64. The van der Waals surface area contributed by atoms with E-state index in [9.17, 15) is 0 Å². The van der Waals surface area contributed by atoms with Crippen LogP contribution in [0, 0.1) is 0 Å². The van der Waals surface area contributed by atoms with Crippen LogP contribution in [0.3, 0.4) is 0 Å². The second kappa shape index (κ2) is 30.1. The Labute approximate surface area is 361 Å². The summed E-state index contributed by atoms with van der Waals surface area (Å²) < 4.78 is 31.1. The Morgan fingerprint density at radius 1 is 0.463 bits per heavy atom. The molecule has 14 heteroatoms. The molecule has 5 heterocycles. The predicted octanol–water partition coefficient (Wildman–Crippen LogP) is 4.73. The number of aromatic nitrogens is 2. The number of H-pyrrole nitrogens is 2. The molecule has 2 N–H and O–H groups in total. The van der Waals surface area contributed by atoms with E-state index in [1.807, 2.05) is 12.4 Å². The summed E-state index contributed by atoms with van der Waals surface area (Å²) in [6.07, 6.45) is 14.3. The molecule has 306 valence electrons. The Balaban J connectivity index is 0. The van der Waals surface area contributed by atoms with Gasteiger partial charge in [-0.2, -0.15) is 14.1 Å². The van der Waals surface area contributed by atoms with Crippen LogP contribution in [0.1, 0.15) is 118 Å². The van der Waals surface area contributed by atoms with Gasteiger partial charge in [0.25, 0.3) is 11.4 Å². The van der Waals surface area contributed by atoms with E-state index in [0.717, 1.165) is 52.9 Å². The quantitative estimate of drug-likeness (QED) is 0.253. The van der Waals surface area contributed by atoms with Crippen molar-refractivity contribution in [2.45, 2.75) is 169 Å². The van der Waals surface area contributed by atoms with Crippen molar-refractivity contribution >= 4 is 42.1 Å². The maximum absolute atomic E-state index is 5.64. The smallest absolute Gasteiger partial charge is 0.637 e. The van der Waals surface area contributed by atoms with Crippen LogP contribution in [-0.4, -0.2) is 104 Å². The first kappa shape index (κ1) is 57.2. The number of nitrogens with one attached hydrogen (secondary N) is 2. The monoisotopic (exact) mass is 817 g/mol. The summed E-state index contributed by atoms with van der Waals surface area (Å²) in [7, 11) is -6.57. The fourth-order valence-corrected chi connectivity index (χ4v) is 23.7. The van der Waals surface area contributed by atoms with Crippen LogP contribution in [-0.2, 0) is 18.9 Å². The molecule has 1 aromatic rings. The first-order valence-corrected chi connectivity index (χ1v) is 31.4. The molecule has 0 atom stereocenters. The molecule has 54 heavy (non-hydrogen) atoms. The van der Waals surface area contributed by atoms with Crippen molar-refractivity contribution in [1.29, 1.82) is 0 Å². The van der Waals surface area contributed by atoms with E-state index in [1.165, 1.54) is 62.8 Å². The van der Waals surface area contributed by atoms with Gasteiger partial charge in [0.15, 0.2) is 0 Å². The largest absolute Gasteiger partial charge is 1.00 e. The Kier molecular flexibility index (Phi) is 31.9. The van der Waals surface area contributed by atoms with Gasteiger partial charge in [0.2, 0.25) is 12.4 Å². The number of nitrogens with zero attached hydrogens (tertiary/aromatic N) is 2. The summed E-state index contributed by atoms with van der Waals surface area (Å²) in [5, 5.41) is 0. The van der Waals surface area contributed by atoms with Crippen molar-refractivity contribution in [1.82, 2.24) is 0 Å². The molecular formula is C40H84Li2N4O4P2Si2+2. The molecule has 4 fully saturated rings. The van der Waals surface area contributed by atoms with Gasteiger partial charge in [0, 0.05) is 52.9 Å². The first-order valence-electron chi connectivity index (χ1n) is 20.6. The molecule has 1 aromatic heterocycles. The summed E-state index contributed by atoms with van der Waals surface area (Å²) in [4.78, 5) is 7.21. The van der Waals surface area contributed by atoms with E-state index >= 15 is 0 Å². The molecular weight excluding hydrogens is 732 g/mol. The second-order valence-corrected chi connectivity index (χ2v) is 35.6. The van der Waals surface area contributed by atoms with E-state index in [1.54, 1.807) is 0 Å². The minimum absolute atomic E-state index is 0. The van der Waals surface area contributed by atoms with Gasteiger partial charge in [-0.15, -0.1) is 0 Å². The van der Waals surface area contributed by atoms with Gasteiger partial charge < -0.3 is 28.5 Å².